The number of ether oxygens (including phenoxy) is 1. The topological polar surface area (TPSA) is 35.0 Å². The van der Waals surface area contributed by atoms with Crippen molar-refractivity contribution in [1.29, 1.82) is 0 Å². The predicted octanol–water partition coefficient (Wildman–Crippen LogP) is 3.05. The second-order valence-electron chi connectivity index (χ2n) is 3.05. The molecule has 1 aromatic carbocycles. The summed E-state index contributed by atoms with van der Waals surface area (Å²) in [5.74, 6) is 0.244. The van der Waals surface area contributed by atoms with E-state index in [-0.39, 0.29) is 5.88 Å². The molecule has 0 unspecified atom stereocenters. The molecule has 16 heavy (non-hydrogen) atoms. The Kier molecular flexibility index (Phi) is 2.91. The highest BCUT2D eigenvalue weighted by Gasteiger charge is 1.99. The van der Waals surface area contributed by atoms with Crippen molar-refractivity contribution in [2.24, 2.45) is 0 Å². The lowest BCUT2D eigenvalue weighted by Crippen LogP contribution is -1.90. The molecular formula is C12H9FN2O. The molecule has 0 amide bonds. The molecule has 1 heterocycles. The van der Waals surface area contributed by atoms with E-state index in [1.54, 1.807) is 18.2 Å². The molecule has 3 nitrogen and oxygen atoms in total. The van der Waals surface area contributed by atoms with Gasteiger partial charge < -0.3 is 4.74 Å². The second-order valence-corrected chi connectivity index (χ2v) is 3.05. The van der Waals surface area contributed by atoms with Crippen LogP contribution in [-0.2, 0) is 0 Å². The van der Waals surface area contributed by atoms with Gasteiger partial charge in [0.05, 0.1) is 12.4 Å². The highest BCUT2D eigenvalue weighted by atomic mass is 19.1. The first-order valence-electron chi connectivity index (χ1n) is 4.66. The Hall–Kier alpha value is -2.23. The molecule has 0 fully saturated rings. The Labute approximate surface area is 92.2 Å². The molecule has 0 atom stereocenters. The van der Waals surface area contributed by atoms with Crippen LogP contribution in [0.4, 0.5) is 4.39 Å². The van der Waals surface area contributed by atoms with Crippen LogP contribution in [0.3, 0.4) is 0 Å². The van der Waals surface area contributed by atoms with E-state index >= 15 is 0 Å². The summed E-state index contributed by atoms with van der Waals surface area (Å²) in [7, 11) is 0. The van der Waals surface area contributed by atoms with Gasteiger partial charge in [-0.2, -0.15) is 4.39 Å². The summed E-state index contributed by atoms with van der Waals surface area (Å²) >= 11 is 0. The fraction of sp³-hybridized carbons (Fsp3) is 0. The van der Waals surface area contributed by atoms with Crippen LogP contribution in [-0.4, -0.2) is 9.97 Å². The second kappa shape index (κ2) is 4.53. The van der Waals surface area contributed by atoms with E-state index in [0.29, 0.717) is 5.75 Å². The molecule has 2 rings (SSSR count). The lowest BCUT2D eigenvalue weighted by atomic mass is 10.2. The summed E-state index contributed by atoms with van der Waals surface area (Å²) in [5, 5.41) is 0. The van der Waals surface area contributed by atoms with E-state index < -0.39 is 5.95 Å². The van der Waals surface area contributed by atoms with E-state index in [0.717, 1.165) is 11.8 Å². The zero-order chi connectivity index (χ0) is 11.4. The summed E-state index contributed by atoms with van der Waals surface area (Å²) in [5.41, 5.74) is 0.998. The molecule has 0 spiro atoms. The average Bonchev–Trinajstić information content (AvgIpc) is 2.33. The molecule has 0 radical (unpaired) electrons. The molecular weight excluding hydrogens is 207 g/mol. The summed E-state index contributed by atoms with van der Waals surface area (Å²) in [6.45, 7) is 3.65. The third kappa shape index (κ3) is 2.42. The number of benzene rings is 1. The molecule has 0 N–H and O–H groups in total. The number of halogens is 1. The first-order valence-corrected chi connectivity index (χ1v) is 4.66. The summed E-state index contributed by atoms with van der Waals surface area (Å²) < 4.78 is 17.8. The molecule has 1 aromatic heterocycles. The van der Waals surface area contributed by atoms with E-state index in [2.05, 4.69) is 16.5 Å². The third-order valence-corrected chi connectivity index (χ3v) is 1.93. The molecule has 0 bridgehead atoms. The van der Waals surface area contributed by atoms with E-state index in [1.165, 1.54) is 6.20 Å². The molecule has 2 aromatic rings. The minimum absolute atomic E-state index is 0.257. The number of rotatable bonds is 3. The molecule has 0 saturated carbocycles. The molecule has 0 aliphatic carbocycles. The number of hydrogen-bond donors (Lipinski definition) is 0. The van der Waals surface area contributed by atoms with Gasteiger partial charge in [0.1, 0.15) is 5.75 Å². The van der Waals surface area contributed by atoms with E-state index in [1.807, 2.05) is 12.1 Å². The molecule has 4 heteroatoms. The smallest absolute Gasteiger partial charge is 0.238 e. The maximum atomic E-state index is 12.5. The van der Waals surface area contributed by atoms with Gasteiger partial charge in [0.2, 0.25) is 11.8 Å². The Bertz CT molecular complexity index is 479. The summed E-state index contributed by atoms with van der Waals surface area (Å²) in [6.07, 6.45) is 3.98. The zero-order valence-electron chi connectivity index (χ0n) is 8.43. The largest absolute Gasteiger partial charge is 0.438 e. The van der Waals surface area contributed by atoms with Crippen molar-refractivity contribution < 1.29 is 9.13 Å². The Morgan fingerprint density at radius 2 is 1.88 bits per heavy atom. The van der Waals surface area contributed by atoms with Gasteiger partial charge in [0, 0.05) is 0 Å². The number of aromatic nitrogens is 2. The Morgan fingerprint density at radius 3 is 2.44 bits per heavy atom. The van der Waals surface area contributed by atoms with Gasteiger partial charge in [0.15, 0.2) is 0 Å². The van der Waals surface area contributed by atoms with Gasteiger partial charge in [-0.3, -0.25) is 0 Å². The predicted molar refractivity (Wildman–Crippen MR) is 58.6 cm³/mol. The van der Waals surface area contributed by atoms with Crippen LogP contribution in [0.5, 0.6) is 11.6 Å². The first kappa shape index (κ1) is 10.3. The van der Waals surface area contributed by atoms with Crippen LogP contribution in [0.2, 0.25) is 0 Å². The van der Waals surface area contributed by atoms with E-state index in [4.69, 9.17) is 4.74 Å². The quantitative estimate of drug-likeness (QED) is 0.790. The molecule has 0 saturated heterocycles. The van der Waals surface area contributed by atoms with Crippen molar-refractivity contribution in [3.63, 3.8) is 0 Å². The van der Waals surface area contributed by atoms with Gasteiger partial charge in [-0.15, -0.1) is 0 Å². The Balaban J connectivity index is 2.14. The van der Waals surface area contributed by atoms with Crippen LogP contribution in [0, 0.1) is 5.95 Å². The minimum Gasteiger partial charge on any atom is -0.438 e. The average molecular weight is 216 g/mol. The van der Waals surface area contributed by atoms with Gasteiger partial charge in [-0.05, 0) is 17.7 Å². The summed E-state index contributed by atoms with van der Waals surface area (Å²) in [4.78, 5) is 7.17. The minimum atomic E-state index is -0.630. The normalized spacial score (nSPS) is 9.81. The number of nitrogens with zero attached hydrogens (tertiary/aromatic N) is 2. The maximum absolute atomic E-state index is 12.5. The maximum Gasteiger partial charge on any atom is 0.238 e. The van der Waals surface area contributed by atoms with Crippen molar-refractivity contribution in [3.8, 4) is 11.6 Å². The standard InChI is InChI=1S/C12H9FN2O/c1-2-9-3-5-10(6-4-9)16-12-8-14-11(13)7-15-12/h2-8H,1H2. The van der Waals surface area contributed by atoms with Crippen LogP contribution in [0.15, 0.2) is 43.2 Å². The third-order valence-electron chi connectivity index (χ3n) is 1.93. The monoisotopic (exact) mass is 216 g/mol. The Morgan fingerprint density at radius 1 is 1.12 bits per heavy atom. The van der Waals surface area contributed by atoms with Gasteiger partial charge in [-0.25, -0.2) is 9.97 Å². The van der Waals surface area contributed by atoms with Crippen LogP contribution < -0.4 is 4.74 Å². The fourth-order valence-electron chi connectivity index (χ4n) is 1.15. The molecule has 0 aliphatic rings. The van der Waals surface area contributed by atoms with Crippen molar-refractivity contribution in [1.82, 2.24) is 9.97 Å². The van der Waals surface area contributed by atoms with Crippen molar-refractivity contribution in [2.45, 2.75) is 0 Å². The molecule has 0 aliphatic heterocycles. The highest BCUT2D eigenvalue weighted by molar-refractivity contribution is 5.48. The highest BCUT2D eigenvalue weighted by Crippen LogP contribution is 2.19. The lowest BCUT2D eigenvalue weighted by Gasteiger charge is -2.03. The van der Waals surface area contributed by atoms with Crippen molar-refractivity contribution in [3.05, 3.63) is 54.7 Å². The SMILES string of the molecule is C=Cc1ccc(Oc2cnc(F)cn2)cc1. The zero-order valence-corrected chi connectivity index (χ0v) is 8.43. The van der Waals surface area contributed by atoms with Gasteiger partial charge in [-0.1, -0.05) is 24.8 Å². The van der Waals surface area contributed by atoms with Crippen molar-refractivity contribution >= 4 is 6.08 Å². The molecule has 80 valence electrons. The fourth-order valence-corrected chi connectivity index (χ4v) is 1.15. The van der Waals surface area contributed by atoms with Gasteiger partial charge in [0.25, 0.3) is 0 Å². The van der Waals surface area contributed by atoms with Gasteiger partial charge >= 0.3 is 0 Å². The van der Waals surface area contributed by atoms with Crippen LogP contribution in [0.1, 0.15) is 5.56 Å². The first-order chi connectivity index (χ1) is 7.78. The van der Waals surface area contributed by atoms with E-state index in [9.17, 15) is 4.39 Å². The van der Waals surface area contributed by atoms with Crippen molar-refractivity contribution in [2.75, 3.05) is 0 Å². The number of hydrogen-bond acceptors (Lipinski definition) is 3. The lowest BCUT2D eigenvalue weighted by molar-refractivity contribution is 0.452. The van der Waals surface area contributed by atoms with Crippen LogP contribution >= 0.6 is 0 Å². The summed E-state index contributed by atoms with van der Waals surface area (Å²) in [6, 6.07) is 7.28. The van der Waals surface area contributed by atoms with Crippen LogP contribution in [0.25, 0.3) is 6.08 Å².